The zero-order valence-electron chi connectivity index (χ0n) is 14.7. The molecule has 0 spiro atoms. The first kappa shape index (κ1) is 21.6. The third kappa shape index (κ3) is 15.2. The van der Waals surface area contributed by atoms with Gasteiger partial charge in [-0.05, 0) is 12.8 Å². The maximum atomic E-state index is 11.8. The topological polar surface area (TPSA) is 83.5 Å². The summed E-state index contributed by atoms with van der Waals surface area (Å²) in [4.78, 5) is 32.7. The van der Waals surface area contributed by atoms with E-state index in [1.807, 2.05) is 21.1 Å². The highest BCUT2D eigenvalue weighted by Crippen LogP contribution is 2.11. The fourth-order valence-corrected chi connectivity index (χ4v) is 2.39. The van der Waals surface area contributed by atoms with E-state index in [0.29, 0.717) is 23.9 Å². The second kappa shape index (κ2) is 12.0. The van der Waals surface area contributed by atoms with Gasteiger partial charge in [-0.25, -0.2) is 0 Å². The van der Waals surface area contributed by atoms with E-state index in [-0.39, 0.29) is 12.4 Å². The summed E-state index contributed by atoms with van der Waals surface area (Å²) in [7, 11) is 5.75. The van der Waals surface area contributed by atoms with Crippen molar-refractivity contribution < 1.29 is 28.7 Å². The molecule has 0 aromatic heterocycles. The van der Waals surface area contributed by atoms with Crippen molar-refractivity contribution in [3.63, 3.8) is 0 Å². The number of hydrogen-bond acceptors (Lipinski definition) is 5. The molecular formula is C17H31NO5. The highest BCUT2D eigenvalue weighted by Gasteiger charge is 2.22. The molecule has 0 bridgehead atoms. The molecule has 0 aliphatic carbocycles. The van der Waals surface area contributed by atoms with Crippen LogP contribution in [0.5, 0.6) is 0 Å². The number of aliphatic carboxylic acids is 1. The molecule has 0 aromatic rings. The Bertz CT molecular complexity index is 362. The van der Waals surface area contributed by atoms with Crippen LogP contribution in [0, 0.1) is 0 Å². The van der Waals surface area contributed by atoms with Crippen molar-refractivity contribution in [2.24, 2.45) is 0 Å². The monoisotopic (exact) mass is 329 g/mol. The van der Waals surface area contributed by atoms with E-state index in [9.17, 15) is 19.5 Å². The van der Waals surface area contributed by atoms with Crippen LogP contribution in [0.2, 0.25) is 0 Å². The Balaban J connectivity index is 3.90. The minimum Gasteiger partial charge on any atom is -0.550 e. The van der Waals surface area contributed by atoms with E-state index in [4.69, 9.17) is 4.74 Å². The van der Waals surface area contributed by atoms with Gasteiger partial charge in [-0.2, -0.15) is 0 Å². The summed E-state index contributed by atoms with van der Waals surface area (Å²) in [5.41, 5.74) is 0. The third-order valence-electron chi connectivity index (χ3n) is 3.40. The molecule has 1 atom stereocenters. The summed E-state index contributed by atoms with van der Waals surface area (Å²) in [5.74, 6) is -1.54. The molecule has 0 aliphatic rings. The molecule has 6 heteroatoms. The Morgan fingerprint density at radius 2 is 1.61 bits per heavy atom. The number of hydrogen-bond donors (Lipinski definition) is 0. The fourth-order valence-electron chi connectivity index (χ4n) is 2.39. The number of rotatable bonds is 14. The number of nitrogens with zero attached hydrogens (tertiary/aromatic N) is 1. The Kier molecular flexibility index (Phi) is 11.3. The van der Waals surface area contributed by atoms with Crippen molar-refractivity contribution in [1.29, 1.82) is 0 Å². The van der Waals surface area contributed by atoms with E-state index in [1.54, 1.807) is 0 Å². The first-order chi connectivity index (χ1) is 10.7. The van der Waals surface area contributed by atoms with Crippen LogP contribution >= 0.6 is 0 Å². The summed E-state index contributed by atoms with van der Waals surface area (Å²) >= 11 is 0. The van der Waals surface area contributed by atoms with E-state index < -0.39 is 12.1 Å². The van der Waals surface area contributed by atoms with Gasteiger partial charge in [0.2, 0.25) is 0 Å². The van der Waals surface area contributed by atoms with E-state index in [1.165, 1.54) is 0 Å². The molecular weight excluding hydrogens is 298 g/mol. The Hall–Kier alpha value is -1.43. The number of aldehydes is 1. The zero-order valence-corrected chi connectivity index (χ0v) is 14.7. The Morgan fingerprint density at radius 1 is 1.04 bits per heavy atom. The van der Waals surface area contributed by atoms with Crippen LogP contribution in [0.15, 0.2) is 0 Å². The van der Waals surface area contributed by atoms with Crippen LogP contribution in [-0.4, -0.2) is 56.5 Å². The molecule has 0 aromatic carbocycles. The number of likely N-dealkylation sites (N-methyl/N-ethyl adjacent to an activating group) is 1. The normalized spacial score (nSPS) is 12.7. The SMILES string of the molecule is C[N+](C)(C)CC(CC(=O)[O-])OC(=O)CCCCCCCCC=O. The molecule has 0 radical (unpaired) electrons. The number of ether oxygens (including phenoxy) is 1. The summed E-state index contributed by atoms with van der Waals surface area (Å²) in [5, 5.41) is 10.8. The lowest BCUT2D eigenvalue weighted by molar-refractivity contribution is -0.873. The van der Waals surface area contributed by atoms with Crippen molar-refractivity contribution in [3.8, 4) is 0 Å². The van der Waals surface area contributed by atoms with Gasteiger partial charge in [-0.15, -0.1) is 0 Å². The smallest absolute Gasteiger partial charge is 0.306 e. The van der Waals surface area contributed by atoms with Crippen LogP contribution in [0.25, 0.3) is 0 Å². The van der Waals surface area contributed by atoms with Gasteiger partial charge in [0.1, 0.15) is 12.8 Å². The predicted molar refractivity (Wildman–Crippen MR) is 85.4 cm³/mol. The highest BCUT2D eigenvalue weighted by molar-refractivity contribution is 5.70. The van der Waals surface area contributed by atoms with Crippen molar-refractivity contribution >= 4 is 18.2 Å². The summed E-state index contributed by atoms with van der Waals surface area (Å²) in [6, 6.07) is 0. The molecule has 0 N–H and O–H groups in total. The van der Waals surface area contributed by atoms with Crippen molar-refractivity contribution in [3.05, 3.63) is 0 Å². The molecule has 0 aliphatic heterocycles. The number of esters is 1. The maximum absolute atomic E-state index is 11.8. The molecule has 134 valence electrons. The van der Waals surface area contributed by atoms with Gasteiger partial charge in [0.05, 0.1) is 21.1 Å². The van der Waals surface area contributed by atoms with Crippen LogP contribution in [0.1, 0.15) is 57.8 Å². The number of carbonyl (C=O) groups is 3. The number of unbranched alkanes of at least 4 members (excludes halogenated alkanes) is 6. The summed E-state index contributed by atoms with van der Waals surface area (Å²) < 4.78 is 5.80. The third-order valence-corrected chi connectivity index (χ3v) is 3.40. The van der Waals surface area contributed by atoms with E-state index in [0.717, 1.165) is 44.8 Å². The van der Waals surface area contributed by atoms with Gasteiger partial charge in [0.15, 0.2) is 6.10 Å². The summed E-state index contributed by atoms with van der Waals surface area (Å²) in [6.07, 6.45) is 6.73. The van der Waals surface area contributed by atoms with Crippen molar-refractivity contribution in [1.82, 2.24) is 0 Å². The zero-order chi connectivity index (χ0) is 17.7. The number of carbonyl (C=O) groups excluding carboxylic acids is 3. The molecule has 23 heavy (non-hydrogen) atoms. The lowest BCUT2D eigenvalue weighted by Gasteiger charge is -2.29. The molecule has 0 rings (SSSR count). The van der Waals surface area contributed by atoms with Crippen molar-refractivity contribution in [2.45, 2.75) is 63.9 Å². The lowest BCUT2D eigenvalue weighted by Crippen LogP contribution is -2.45. The molecule has 0 fully saturated rings. The first-order valence-electron chi connectivity index (χ1n) is 8.38. The van der Waals surface area contributed by atoms with E-state index >= 15 is 0 Å². The highest BCUT2D eigenvalue weighted by atomic mass is 16.5. The van der Waals surface area contributed by atoms with E-state index in [2.05, 4.69) is 0 Å². The molecule has 0 amide bonds. The standard InChI is InChI=1S/C17H31NO5/c1-18(2,3)14-15(13-16(20)21)23-17(22)11-9-7-5-4-6-8-10-12-19/h12,15H,4-11,13-14H2,1-3H3. The average molecular weight is 329 g/mol. The molecule has 0 saturated carbocycles. The maximum Gasteiger partial charge on any atom is 0.306 e. The second-order valence-electron chi connectivity index (χ2n) is 6.99. The molecule has 1 unspecified atom stereocenters. The number of carboxylic acids is 1. The average Bonchev–Trinajstić information content (AvgIpc) is 2.39. The Morgan fingerprint density at radius 3 is 2.13 bits per heavy atom. The largest absolute Gasteiger partial charge is 0.550 e. The van der Waals surface area contributed by atoms with Crippen molar-refractivity contribution in [2.75, 3.05) is 27.7 Å². The quantitative estimate of drug-likeness (QED) is 0.206. The van der Waals surface area contributed by atoms with Gasteiger partial charge in [-0.1, -0.05) is 25.7 Å². The van der Waals surface area contributed by atoms with Gasteiger partial charge in [0, 0.05) is 25.2 Å². The van der Waals surface area contributed by atoms with Gasteiger partial charge < -0.3 is 23.9 Å². The van der Waals surface area contributed by atoms with Gasteiger partial charge in [0.25, 0.3) is 0 Å². The Labute approximate surface area is 139 Å². The van der Waals surface area contributed by atoms with Gasteiger partial charge in [-0.3, -0.25) is 4.79 Å². The molecule has 0 heterocycles. The van der Waals surface area contributed by atoms with Crippen LogP contribution < -0.4 is 5.11 Å². The minimum absolute atomic E-state index is 0.266. The van der Waals surface area contributed by atoms with Crippen LogP contribution in [-0.2, 0) is 19.1 Å². The molecule has 6 nitrogen and oxygen atoms in total. The number of quaternary nitrogens is 1. The summed E-state index contributed by atoms with van der Waals surface area (Å²) in [6.45, 7) is 0.441. The van der Waals surface area contributed by atoms with Gasteiger partial charge >= 0.3 is 5.97 Å². The van der Waals surface area contributed by atoms with Crippen LogP contribution in [0.4, 0.5) is 0 Å². The minimum atomic E-state index is -1.20. The molecule has 0 saturated heterocycles. The second-order valence-corrected chi connectivity index (χ2v) is 6.99. The van der Waals surface area contributed by atoms with Crippen LogP contribution in [0.3, 0.4) is 0 Å². The number of carboxylic acid groups (broad SMARTS) is 1. The first-order valence-corrected chi connectivity index (χ1v) is 8.38. The fraction of sp³-hybridized carbons (Fsp3) is 0.824. The lowest BCUT2D eigenvalue weighted by atomic mass is 10.1. The predicted octanol–water partition coefficient (Wildman–Crippen LogP) is 1.06.